The minimum Gasteiger partial charge on any atom is -0.496 e. The Bertz CT molecular complexity index is 948. The van der Waals surface area contributed by atoms with Crippen LogP contribution in [-0.2, 0) is 6.54 Å². The van der Waals surface area contributed by atoms with Gasteiger partial charge in [0.2, 0.25) is 0 Å². The number of nitrogens with zero attached hydrogens (tertiary/aromatic N) is 2. The highest BCUT2D eigenvalue weighted by molar-refractivity contribution is 5.93. The van der Waals surface area contributed by atoms with Crippen molar-refractivity contribution in [2.24, 2.45) is 5.92 Å². The molecule has 172 valence electrons. The third kappa shape index (κ3) is 4.92. The van der Waals surface area contributed by atoms with Gasteiger partial charge in [0.25, 0.3) is 0 Å². The molecule has 0 spiro atoms. The number of hydrogen-bond acceptors (Lipinski definition) is 4. The fraction of sp³-hybridized carbons (Fsp3) is 0.480. The molecule has 1 aliphatic heterocycles. The fourth-order valence-corrected chi connectivity index (χ4v) is 4.31. The number of rotatable bonds is 9. The van der Waals surface area contributed by atoms with Crippen LogP contribution in [0.25, 0.3) is 0 Å². The van der Waals surface area contributed by atoms with Gasteiger partial charge in [0, 0.05) is 30.4 Å². The van der Waals surface area contributed by atoms with E-state index in [-0.39, 0.29) is 18.4 Å². The molecule has 1 saturated heterocycles. The van der Waals surface area contributed by atoms with Crippen LogP contribution < -0.4 is 19.1 Å². The first-order valence-corrected chi connectivity index (χ1v) is 11.3. The van der Waals surface area contributed by atoms with Crippen molar-refractivity contribution in [2.75, 3.05) is 38.8 Å². The van der Waals surface area contributed by atoms with Crippen LogP contribution in [0.15, 0.2) is 36.4 Å². The zero-order valence-corrected chi connectivity index (χ0v) is 18.8. The van der Waals surface area contributed by atoms with Crippen LogP contribution >= 0.6 is 0 Å². The molecule has 1 saturated carbocycles. The summed E-state index contributed by atoms with van der Waals surface area (Å²) in [5.74, 6) is 2.30. The van der Waals surface area contributed by atoms with E-state index < -0.39 is 0 Å². The van der Waals surface area contributed by atoms with Crippen LogP contribution in [0.3, 0.4) is 0 Å². The lowest BCUT2D eigenvalue weighted by atomic mass is 9.83. The van der Waals surface area contributed by atoms with Crippen LogP contribution in [0.1, 0.15) is 37.7 Å². The summed E-state index contributed by atoms with van der Waals surface area (Å²) in [5.41, 5.74) is 1.42. The molecule has 0 atom stereocenters. The van der Waals surface area contributed by atoms with Gasteiger partial charge in [0.05, 0.1) is 27.4 Å². The Morgan fingerprint density at radius 3 is 2.47 bits per heavy atom. The number of anilines is 1. The van der Waals surface area contributed by atoms with E-state index in [2.05, 4.69) is 0 Å². The number of amides is 2. The van der Waals surface area contributed by atoms with Gasteiger partial charge in [-0.3, -0.25) is 4.90 Å². The SMILES string of the molecule is COc1ccc(F)cc1CN1CCCN(c2ccc(OC)c(OCCC3CCC3)c2)C1=O. The molecule has 32 heavy (non-hydrogen) atoms. The fourth-order valence-electron chi connectivity index (χ4n) is 4.31. The van der Waals surface area contributed by atoms with Gasteiger partial charge in [0.15, 0.2) is 11.5 Å². The van der Waals surface area contributed by atoms with Gasteiger partial charge >= 0.3 is 6.03 Å². The molecule has 0 N–H and O–H groups in total. The van der Waals surface area contributed by atoms with E-state index in [1.807, 2.05) is 18.2 Å². The van der Waals surface area contributed by atoms with E-state index in [0.29, 0.717) is 42.5 Å². The molecule has 0 radical (unpaired) electrons. The van der Waals surface area contributed by atoms with E-state index in [9.17, 15) is 9.18 Å². The maximum Gasteiger partial charge on any atom is 0.324 e. The predicted molar refractivity (Wildman–Crippen MR) is 121 cm³/mol. The Morgan fingerprint density at radius 1 is 0.969 bits per heavy atom. The number of ether oxygens (including phenoxy) is 3. The first-order valence-electron chi connectivity index (χ1n) is 11.3. The van der Waals surface area contributed by atoms with E-state index >= 15 is 0 Å². The molecule has 1 aliphatic carbocycles. The molecule has 6 nitrogen and oxygen atoms in total. The number of carbonyl (C=O) groups is 1. The second kappa shape index (κ2) is 10.1. The molecule has 2 fully saturated rings. The van der Waals surface area contributed by atoms with Crippen LogP contribution in [0.4, 0.5) is 14.9 Å². The maximum absolute atomic E-state index is 13.8. The lowest BCUT2D eigenvalue weighted by molar-refractivity contribution is 0.191. The molecule has 0 aromatic heterocycles. The van der Waals surface area contributed by atoms with Crippen molar-refractivity contribution in [1.29, 1.82) is 0 Å². The van der Waals surface area contributed by atoms with E-state index in [0.717, 1.165) is 24.4 Å². The Balaban J connectivity index is 1.48. The number of urea groups is 1. The van der Waals surface area contributed by atoms with E-state index in [4.69, 9.17) is 14.2 Å². The average molecular weight is 443 g/mol. The summed E-state index contributed by atoms with van der Waals surface area (Å²) < 4.78 is 30.6. The zero-order valence-electron chi connectivity index (χ0n) is 18.8. The highest BCUT2D eigenvalue weighted by Crippen LogP contribution is 2.35. The Hall–Kier alpha value is -2.96. The quantitative estimate of drug-likeness (QED) is 0.533. The summed E-state index contributed by atoms with van der Waals surface area (Å²) in [5, 5.41) is 0. The highest BCUT2D eigenvalue weighted by atomic mass is 19.1. The number of carbonyl (C=O) groups excluding carboxylic acids is 1. The molecule has 0 unspecified atom stereocenters. The summed E-state index contributed by atoms with van der Waals surface area (Å²) in [6.07, 6.45) is 5.74. The molecule has 0 bridgehead atoms. The first-order chi connectivity index (χ1) is 15.6. The summed E-state index contributed by atoms with van der Waals surface area (Å²) in [4.78, 5) is 16.7. The third-order valence-electron chi connectivity index (χ3n) is 6.38. The van der Waals surface area contributed by atoms with Crippen molar-refractivity contribution in [3.63, 3.8) is 0 Å². The normalized spacial score (nSPS) is 16.7. The van der Waals surface area contributed by atoms with Gasteiger partial charge in [-0.2, -0.15) is 0 Å². The number of benzene rings is 2. The van der Waals surface area contributed by atoms with Crippen molar-refractivity contribution in [3.05, 3.63) is 47.8 Å². The smallest absolute Gasteiger partial charge is 0.324 e. The summed E-state index contributed by atoms with van der Waals surface area (Å²) in [6, 6.07) is 9.85. The Morgan fingerprint density at radius 2 is 1.75 bits per heavy atom. The van der Waals surface area contributed by atoms with Gasteiger partial charge in [-0.1, -0.05) is 19.3 Å². The van der Waals surface area contributed by atoms with Crippen LogP contribution in [0.2, 0.25) is 0 Å². The van der Waals surface area contributed by atoms with E-state index in [1.54, 1.807) is 30.1 Å². The van der Waals surface area contributed by atoms with Gasteiger partial charge in [0.1, 0.15) is 11.6 Å². The first kappa shape index (κ1) is 22.2. The maximum atomic E-state index is 13.8. The molecule has 2 aromatic carbocycles. The molecule has 2 amide bonds. The Kier molecular flexibility index (Phi) is 7.02. The van der Waals surface area contributed by atoms with E-state index in [1.165, 1.54) is 31.4 Å². The monoisotopic (exact) mass is 442 g/mol. The van der Waals surface area contributed by atoms with Gasteiger partial charge in [-0.25, -0.2) is 9.18 Å². The molecule has 1 heterocycles. The standard InChI is InChI=1S/C25H31FN2O4/c1-30-22-9-7-20(26)15-19(22)17-27-12-4-13-28(25(27)29)21-8-10-23(31-2)24(16-21)32-14-11-18-5-3-6-18/h7-10,15-16,18H,3-6,11-14,17H2,1-2H3. The summed E-state index contributed by atoms with van der Waals surface area (Å²) in [7, 11) is 3.17. The molecular formula is C25H31FN2O4. The van der Waals surface area contributed by atoms with Crippen LogP contribution in [0.5, 0.6) is 17.2 Å². The second-order valence-corrected chi connectivity index (χ2v) is 8.43. The number of halogens is 1. The number of hydrogen-bond donors (Lipinski definition) is 0. The van der Waals surface area contributed by atoms with Crippen LogP contribution in [-0.4, -0.2) is 44.8 Å². The topological polar surface area (TPSA) is 51.2 Å². The minimum atomic E-state index is -0.346. The lowest BCUT2D eigenvalue weighted by Gasteiger charge is -2.36. The van der Waals surface area contributed by atoms with Crippen molar-refractivity contribution >= 4 is 11.7 Å². The van der Waals surface area contributed by atoms with Crippen molar-refractivity contribution in [3.8, 4) is 17.2 Å². The third-order valence-corrected chi connectivity index (χ3v) is 6.38. The number of methoxy groups -OCH3 is 2. The zero-order chi connectivity index (χ0) is 22.5. The van der Waals surface area contributed by atoms with Crippen molar-refractivity contribution in [2.45, 2.75) is 38.6 Å². The largest absolute Gasteiger partial charge is 0.496 e. The van der Waals surface area contributed by atoms with Gasteiger partial charge < -0.3 is 19.1 Å². The lowest BCUT2D eigenvalue weighted by Crippen LogP contribution is -2.49. The second-order valence-electron chi connectivity index (χ2n) is 8.43. The van der Waals surface area contributed by atoms with Gasteiger partial charge in [-0.15, -0.1) is 0 Å². The average Bonchev–Trinajstić information content (AvgIpc) is 2.77. The molecule has 2 aliphatic rings. The summed E-state index contributed by atoms with van der Waals surface area (Å²) in [6.45, 7) is 2.15. The molecule has 7 heteroatoms. The van der Waals surface area contributed by atoms with Crippen molar-refractivity contribution < 1.29 is 23.4 Å². The molecule has 2 aromatic rings. The molecular weight excluding hydrogens is 411 g/mol. The van der Waals surface area contributed by atoms with Crippen molar-refractivity contribution in [1.82, 2.24) is 4.90 Å². The van der Waals surface area contributed by atoms with Gasteiger partial charge in [-0.05, 0) is 49.1 Å². The van der Waals surface area contributed by atoms with Crippen LogP contribution in [0, 0.1) is 11.7 Å². The minimum absolute atomic E-state index is 0.117. The summed E-state index contributed by atoms with van der Waals surface area (Å²) >= 11 is 0. The molecule has 4 rings (SSSR count). The Labute approximate surface area is 188 Å². The highest BCUT2D eigenvalue weighted by Gasteiger charge is 2.28. The predicted octanol–water partition coefficient (Wildman–Crippen LogP) is 5.24.